The molecule has 6 heteroatoms. The molecule has 0 saturated carbocycles. The minimum absolute atomic E-state index is 0.0280. The number of anilines is 1. The van der Waals surface area contributed by atoms with Crippen LogP contribution in [0.4, 0.5) is 10.1 Å². The number of carbonyl (C=O) groups is 2. The van der Waals surface area contributed by atoms with E-state index in [-0.39, 0.29) is 23.4 Å². The molecule has 5 nitrogen and oxygen atoms in total. The lowest BCUT2D eigenvalue weighted by atomic mass is 9.91. The molecule has 0 spiro atoms. The van der Waals surface area contributed by atoms with Crippen LogP contribution >= 0.6 is 0 Å². The van der Waals surface area contributed by atoms with Gasteiger partial charge in [0.25, 0.3) is 5.91 Å². The molecule has 1 aromatic carbocycles. The van der Waals surface area contributed by atoms with Crippen LogP contribution in [-0.2, 0) is 4.79 Å². The van der Waals surface area contributed by atoms with Crippen molar-refractivity contribution in [1.29, 1.82) is 0 Å². The van der Waals surface area contributed by atoms with E-state index in [0.717, 1.165) is 12.8 Å². The first-order valence-electron chi connectivity index (χ1n) is 8.75. The second-order valence-corrected chi connectivity index (χ2v) is 7.92. The fourth-order valence-corrected chi connectivity index (χ4v) is 2.98. The Morgan fingerprint density at radius 2 is 2.04 bits per heavy atom. The van der Waals surface area contributed by atoms with Gasteiger partial charge in [-0.3, -0.25) is 9.59 Å². The number of nitrogens with zero attached hydrogens (tertiary/aromatic N) is 1. The molecule has 2 rings (SSSR count). The van der Waals surface area contributed by atoms with Crippen molar-refractivity contribution in [3.05, 3.63) is 29.6 Å². The van der Waals surface area contributed by atoms with Gasteiger partial charge >= 0.3 is 0 Å². The number of hydrogen-bond donors (Lipinski definition) is 2. The topological polar surface area (TPSA) is 75.4 Å². The average Bonchev–Trinajstić information content (AvgIpc) is 2.54. The van der Waals surface area contributed by atoms with Crippen LogP contribution in [0.2, 0.25) is 0 Å². The first-order valence-corrected chi connectivity index (χ1v) is 8.75. The standard InChI is InChI=1S/C19H28FN3O2/c1-12-7-8-23(14(9-12)11-21)17(24)15-10-13(5-6-16(15)20)22-18(25)19(2,3)4/h5-6,10,12,14H,7-9,11,21H2,1-4H3,(H,22,25). The minimum atomic E-state index is -0.590. The summed E-state index contributed by atoms with van der Waals surface area (Å²) in [5, 5.41) is 2.74. The highest BCUT2D eigenvalue weighted by Crippen LogP contribution is 2.26. The third-order valence-corrected chi connectivity index (χ3v) is 4.65. The predicted octanol–water partition coefficient (Wildman–Crippen LogP) is 3.01. The Hall–Kier alpha value is -1.95. The molecule has 0 aromatic heterocycles. The number of halogens is 1. The van der Waals surface area contributed by atoms with Crippen molar-refractivity contribution >= 4 is 17.5 Å². The van der Waals surface area contributed by atoms with Crippen molar-refractivity contribution in [2.24, 2.45) is 17.1 Å². The largest absolute Gasteiger partial charge is 0.334 e. The number of nitrogens with two attached hydrogens (primary N) is 1. The molecular formula is C19H28FN3O2. The van der Waals surface area contributed by atoms with Gasteiger partial charge in [-0.2, -0.15) is 0 Å². The summed E-state index contributed by atoms with van der Waals surface area (Å²) in [6.07, 6.45) is 1.70. The van der Waals surface area contributed by atoms with E-state index < -0.39 is 11.2 Å². The van der Waals surface area contributed by atoms with Gasteiger partial charge in [-0.25, -0.2) is 4.39 Å². The lowest BCUT2D eigenvalue weighted by Gasteiger charge is -2.38. The van der Waals surface area contributed by atoms with E-state index in [1.807, 2.05) is 0 Å². The Labute approximate surface area is 148 Å². The van der Waals surface area contributed by atoms with E-state index in [1.165, 1.54) is 18.2 Å². The number of nitrogens with one attached hydrogen (secondary N) is 1. The van der Waals surface area contributed by atoms with Crippen molar-refractivity contribution in [2.75, 3.05) is 18.4 Å². The van der Waals surface area contributed by atoms with Gasteiger partial charge in [-0.05, 0) is 37.0 Å². The zero-order chi connectivity index (χ0) is 18.8. The van der Waals surface area contributed by atoms with Crippen molar-refractivity contribution in [3.8, 4) is 0 Å². The van der Waals surface area contributed by atoms with Gasteiger partial charge in [0.2, 0.25) is 5.91 Å². The van der Waals surface area contributed by atoms with Crippen LogP contribution in [0.3, 0.4) is 0 Å². The number of rotatable bonds is 3. The Bertz CT molecular complexity index is 655. The summed E-state index contributed by atoms with van der Waals surface area (Å²) in [5.74, 6) is -0.649. The maximum atomic E-state index is 14.3. The van der Waals surface area contributed by atoms with Crippen molar-refractivity contribution in [3.63, 3.8) is 0 Å². The van der Waals surface area contributed by atoms with Crippen molar-refractivity contribution in [1.82, 2.24) is 4.90 Å². The Morgan fingerprint density at radius 3 is 2.64 bits per heavy atom. The summed E-state index contributed by atoms with van der Waals surface area (Å²) < 4.78 is 14.3. The van der Waals surface area contributed by atoms with Gasteiger partial charge in [0.1, 0.15) is 5.82 Å². The summed E-state index contributed by atoms with van der Waals surface area (Å²) in [6, 6.07) is 4.01. The van der Waals surface area contributed by atoms with Crippen LogP contribution in [0.15, 0.2) is 18.2 Å². The first-order chi connectivity index (χ1) is 11.6. The summed E-state index contributed by atoms with van der Waals surface area (Å²) in [7, 11) is 0. The maximum Gasteiger partial charge on any atom is 0.257 e. The molecule has 2 amide bonds. The number of hydrogen-bond acceptors (Lipinski definition) is 3. The van der Waals surface area contributed by atoms with Gasteiger partial charge < -0.3 is 16.0 Å². The van der Waals surface area contributed by atoms with Crippen LogP contribution in [0, 0.1) is 17.2 Å². The Kier molecular flexibility index (Phi) is 5.83. The Morgan fingerprint density at radius 1 is 1.36 bits per heavy atom. The molecule has 1 aromatic rings. The van der Waals surface area contributed by atoms with E-state index in [0.29, 0.717) is 24.7 Å². The highest BCUT2D eigenvalue weighted by molar-refractivity contribution is 5.98. The molecule has 1 heterocycles. The second-order valence-electron chi connectivity index (χ2n) is 7.92. The highest BCUT2D eigenvalue weighted by Gasteiger charge is 2.31. The molecule has 1 aliphatic rings. The molecule has 2 unspecified atom stereocenters. The molecular weight excluding hydrogens is 321 g/mol. The zero-order valence-corrected chi connectivity index (χ0v) is 15.4. The second kappa shape index (κ2) is 7.52. The lowest BCUT2D eigenvalue weighted by molar-refractivity contribution is -0.123. The highest BCUT2D eigenvalue weighted by atomic mass is 19.1. The fourth-order valence-electron chi connectivity index (χ4n) is 2.98. The van der Waals surface area contributed by atoms with E-state index in [4.69, 9.17) is 5.73 Å². The predicted molar refractivity (Wildman–Crippen MR) is 96.8 cm³/mol. The van der Waals surface area contributed by atoms with Gasteiger partial charge in [0, 0.05) is 30.2 Å². The summed E-state index contributed by atoms with van der Waals surface area (Å²) >= 11 is 0. The summed E-state index contributed by atoms with van der Waals surface area (Å²) in [6.45, 7) is 8.43. The molecule has 0 radical (unpaired) electrons. The molecule has 1 fully saturated rings. The number of piperidine rings is 1. The lowest BCUT2D eigenvalue weighted by Crippen LogP contribution is -2.49. The third-order valence-electron chi connectivity index (χ3n) is 4.65. The molecule has 25 heavy (non-hydrogen) atoms. The van der Waals surface area contributed by atoms with Gasteiger partial charge in [-0.1, -0.05) is 27.7 Å². The van der Waals surface area contributed by atoms with E-state index >= 15 is 0 Å². The van der Waals surface area contributed by atoms with Crippen molar-refractivity contribution < 1.29 is 14.0 Å². The van der Waals surface area contributed by atoms with E-state index in [1.54, 1.807) is 25.7 Å². The van der Waals surface area contributed by atoms with Crippen LogP contribution < -0.4 is 11.1 Å². The Balaban J connectivity index is 2.24. The maximum absolute atomic E-state index is 14.3. The molecule has 1 saturated heterocycles. The fraction of sp³-hybridized carbons (Fsp3) is 0.579. The quantitative estimate of drug-likeness (QED) is 0.881. The average molecular weight is 349 g/mol. The molecule has 3 N–H and O–H groups in total. The molecule has 1 aliphatic heterocycles. The van der Waals surface area contributed by atoms with Crippen LogP contribution in [0.1, 0.15) is 50.9 Å². The number of benzene rings is 1. The van der Waals surface area contributed by atoms with E-state index in [2.05, 4.69) is 12.2 Å². The molecule has 0 bridgehead atoms. The van der Waals surface area contributed by atoms with Crippen LogP contribution in [-0.4, -0.2) is 35.8 Å². The van der Waals surface area contributed by atoms with Gasteiger partial charge in [0.05, 0.1) is 5.56 Å². The SMILES string of the molecule is CC1CCN(C(=O)c2cc(NC(=O)C(C)(C)C)ccc2F)C(CN)C1. The van der Waals surface area contributed by atoms with Gasteiger partial charge in [-0.15, -0.1) is 0 Å². The number of likely N-dealkylation sites (tertiary alicyclic amines) is 1. The molecule has 0 aliphatic carbocycles. The third kappa shape index (κ3) is 4.57. The minimum Gasteiger partial charge on any atom is -0.334 e. The normalized spacial score (nSPS) is 21.1. The van der Waals surface area contributed by atoms with Crippen molar-refractivity contribution in [2.45, 2.75) is 46.6 Å². The zero-order valence-electron chi connectivity index (χ0n) is 15.4. The van der Waals surface area contributed by atoms with Crippen LogP contribution in [0.5, 0.6) is 0 Å². The summed E-state index contributed by atoms with van der Waals surface area (Å²) in [4.78, 5) is 26.6. The smallest absolute Gasteiger partial charge is 0.257 e. The van der Waals surface area contributed by atoms with Crippen LogP contribution in [0.25, 0.3) is 0 Å². The molecule has 138 valence electrons. The number of amides is 2. The van der Waals surface area contributed by atoms with E-state index in [9.17, 15) is 14.0 Å². The van der Waals surface area contributed by atoms with Gasteiger partial charge in [0.15, 0.2) is 0 Å². The monoisotopic (exact) mass is 349 g/mol. The molecule has 2 atom stereocenters. The first kappa shape index (κ1) is 19.4. The number of carbonyl (C=O) groups excluding carboxylic acids is 2. The summed E-state index contributed by atoms with van der Waals surface area (Å²) in [5.41, 5.74) is 5.62.